The van der Waals surface area contributed by atoms with Crippen LogP contribution in [0.15, 0.2) is 39.9 Å². The molecule has 82 valence electrons. The van der Waals surface area contributed by atoms with Gasteiger partial charge in [-0.2, -0.15) is 5.10 Å². The van der Waals surface area contributed by atoms with E-state index in [1.54, 1.807) is 19.1 Å². The molecule has 2 aromatic rings. The van der Waals surface area contributed by atoms with Gasteiger partial charge in [0, 0.05) is 6.07 Å². The van der Waals surface area contributed by atoms with Crippen molar-refractivity contribution in [1.29, 1.82) is 0 Å². The van der Waals surface area contributed by atoms with Crippen molar-refractivity contribution in [1.82, 2.24) is 9.78 Å². The molecule has 5 nitrogen and oxygen atoms in total. The lowest BCUT2D eigenvalue weighted by Crippen LogP contribution is -2.26. The molecule has 0 aliphatic rings. The van der Waals surface area contributed by atoms with E-state index in [0.717, 1.165) is 10.2 Å². The summed E-state index contributed by atoms with van der Waals surface area (Å²) in [7, 11) is 0. The van der Waals surface area contributed by atoms with E-state index in [1.165, 1.54) is 18.5 Å². The zero-order valence-corrected chi connectivity index (χ0v) is 8.71. The van der Waals surface area contributed by atoms with Crippen LogP contribution >= 0.6 is 0 Å². The molecular formula is C11H10N2O3. The van der Waals surface area contributed by atoms with Crippen LogP contribution in [-0.2, 0) is 6.54 Å². The van der Waals surface area contributed by atoms with E-state index in [1.807, 2.05) is 0 Å². The summed E-state index contributed by atoms with van der Waals surface area (Å²) in [4.78, 5) is 23.1. The fourth-order valence-electron chi connectivity index (χ4n) is 1.29. The van der Waals surface area contributed by atoms with Gasteiger partial charge in [0.2, 0.25) is 5.78 Å². The Bertz CT molecular complexity index is 555. The van der Waals surface area contributed by atoms with E-state index in [4.69, 9.17) is 4.42 Å². The molecule has 5 heteroatoms. The predicted molar refractivity (Wildman–Crippen MR) is 56.3 cm³/mol. The van der Waals surface area contributed by atoms with E-state index in [9.17, 15) is 9.59 Å². The van der Waals surface area contributed by atoms with E-state index in [0.29, 0.717) is 0 Å². The van der Waals surface area contributed by atoms with Gasteiger partial charge >= 0.3 is 0 Å². The van der Waals surface area contributed by atoms with Crippen LogP contribution in [0.2, 0.25) is 0 Å². The van der Waals surface area contributed by atoms with Gasteiger partial charge in [-0.25, -0.2) is 4.68 Å². The molecule has 0 bridgehead atoms. The highest BCUT2D eigenvalue weighted by Gasteiger charge is 2.10. The van der Waals surface area contributed by atoms with E-state index < -0.39 is 0 Å². The number of aryl methyl sites for hydroxylation is 1. The number of hydrogen-bond donors (Lipinski definition) is 0. The first-order valence-corrected chi connectivity index (χ1v) is 4.77. The van der Waals surface area contributed by atoms with Crippen LogP contribution in [0.5, 0.6) is 0 Å². The Kier molecular flexibility index (Phi) is 2.68. The lowest BCUT2D eigenvalue weighted by molar-refractivity contribution is 0.0938. The molecule has 2 heterocycles. The third kappa shape index (κ3) is 2.08. The molecule has 0 radical (unpaired) electrons. The van der Waals surface area contributed by atoms with Gasteiger partial charge in [0.15, 0.2) is 5.76 Å². The Morgan fingerprint density at radius 2 is 2.38 bits per heavy atom. The van der Waals surface area contributed by atoms with Gasteiger partial charge in [-0.15, -0.1) is 0 Å². The molecule has 2 aromatic heterocycles. The average Bonchev–Trinajstić information content (AvgIpc) is 2.75. The second-order valence-corrected chi connectivity index (χ2v) is 3.43. The highest BCUT2D eigenvalue weighted by Crippen LogP contribution is 2.01. The minimum absolute atomic E-state index is 0.105. The number of hydrogen-bond acceptors (Lipinski definition) is 4. The molecule has 0 unspecified atom stereocenters. The van der Waals surface area contributed by atoms with Crippen molar-refractivity contribution in [2.45, 2.75) is 13.5 Å². The highest BCUT2D eigenvalue weighted by molar-refractivity contribution is 5.93. The van der Waals surface area contributed by atoms with Crippen LogP contribution in [-0.4, -0.2) is 15.6 Å². The third-order valence-electron chi connectivity index (χ3n) is 2.10. The molecule has 0 aliphatic heterocycles. The van der Waals surface area contributed by atoms with Crippen LogP contribution in [0, 0.1) is 6.92 Å². The standard InChI is InChI=1S/C11H10N2O3/c1-8-5-11(15)13(12-6-8)7-9(14)10-3-2-4-16-10/h2-6H,7H2,1H3. The minimum atomic E-state index is -0.292. The van der Waals surface area contributed by atoms with Crippen molar-refractivity contribution in [3.63, 3.8) is 0 Å². The number of furan rings is 1. The summed E-state index contributed by atoms with van der Waals surface area (Å²) >= 11 is 0. The lowest BCUT2D eigenvalue weighted by Gasteiger charge is -2.01. The summed E-state index contributed by atoms with van der Waals surface area (Å²) in [6.07, 6.45) is 2.95. The van der Waals surface area contributed by atoms with Crippen molar-refractivity contribution < 1.29 is 9.21 Å². The Morgan fingerprint density at radius 3 is 3.00 bits per heavy atom. The van der Waals surface area contributed by atoms with Crippen molar-refractivity contribution in [2.24, 2.45) is 0 Å². The van der Waals surface area contributed by atoms with Crippen LogP contribution in [0.3, 0.4) is 0 Å². The van der Waals surface area contributed by atoms with Gasteiger partial charge in [0.25, 0.3) is 5.56 Å². The maximum Gasteiger partial charge on any atom is 0.267 e. The van der Waals surface area contributed by atoms with Crippen LogP contribution in [0.1, 0.15) is 16.1 Å². The topological polar surface area (TPSA) is 65.1 Å². The number of Topliss-reactive ketones (excluding diaryl/α,β-unsaturated/α-hetero) is 1. The first kappa shape index (κ1) is 10.4. The molecule has 0 fully saturated rings. The number of nitrogens with zero attached hydrogens (tertiary/aromatic N) is 2. The van der Waals surface area contributed by atoms with E-state index in [-0.39, 0.29) is 23.6 Å². The summed E-state index contributed by atoms with van der Waals surface area (Å²) in [6.45, 7) is 1.67. The summed E-state index contributed by atoms with van der Waals surface area (Å²) in [5.74, 6) is -0.0438. The molecule has 0 atom stereocenters. The molecule has 0 saturated heterocycles. The fourth-order valence-corrected chi connectivity index (χ4v) is 1.29. The third-order valence-corrected chi connectivity index (χ3v) is 2.10. The Balaban J connectivity index is 2.22. The smallest absolute Gasteiger partial charge is 0.267 e. The zero-order valence-electron chi connectivity index (χ0n) is 8.71. The first-order chi connectivity index (χ1) is 7.66. The summed E-state index contributed by atoms with van der Waals surface area (Å²) in [5, 5.41) is 3.87. The predicted octanol–water partition coefficient (Wildman–Crippen LogP) is 1.03. The molecule has 0 N–H and O–H groups in total. The first-order valence-electron chi connectivity index (χ1n) is 4.77. The maximum absolute atomic E-state index is 11.6. The van der Waals surface area contributed by atoms with Gasteiger partial charge < -0.3 is 4.42 Å². The van der Waals surface area contributed by atoms with E-state index >= 15 is 0 Å². The van der Waals surface area contributed by atoms with Gasteiger partial charge in [0.1, 0.15) is 6.54 Å². The van der Waals surface area contributed by atoms with Gasteiger partial charge in [-0.05, 0) is 24.6 Å². The monoisotopic (exact) mass is 218 g/mol. The maximum atomic E-state index is 11.6. The molecule has 0 saturated carbocycles. The Labute approximate surface area is 91.3 Å². The molecule has 0 amide bonds. The van der Waals surface area contributed by atoms with Gasteiger partial charge in [0.05, 0.1) is 12.5 Å². The summed E-state index contributed by atoms with van der Waals surface area (Å²) in [6, 6.07) is 4.61. The molecule has 0 spiro atoms. The van der Waals surface area contributed by atoms with Gasteiger partial charge in [-0.1, -0.05) is 0 Å². The van der Waals surface area contributed by atoms with Gasteiger partial charge in [-0.3, -0.25) is 9.59 Å². The fraction of sp³-hybridized carbons (Fsp3) is 0.182. The molecule has 16 heavy (non-hydrogen) atoms. The van der Waals surface area contributed by atoms with Crippen molar-refractivity contribution >= 4 is 5.78 Å². The minimum Gasteiger partial charge on any atom is -0.461 e. The van der Waals surface area contributed by atoms with Crippen LogP contribution in [0.4, 0.5) is 0 Å². The lowest BCUT2D eigenvalue weighted by atomic mass is 10.3. The molecule has 0 aromatic carbocycles. The summed E-state index contributed by atoms with van der Waals surface area (Å²) < 4.78 is 6.05. The SMILES string of the molecule is Cc1cnn(CC(=O)c2ccco2)c(=O)c1. The number of carbonyl (C=O) groups is 1. The number of carbonyl (C=O) groups excluding carboxylic acids is 1. The zero-order chi connectivity index (χ0) is 11.5. The van der Waals surface area contributed by atoms with Crippen LogP contribution < -0.4 is 5.56 Å². The number of aromatic nitrogens is 2. The largest absolute Gasteiger partial charge is 0.461 e. The van der Waals surface area contributed by atoms with Crippen LogP contribution in [0.25, 0.3) is 0 Å². The molecule has 2 rings (SSSR count). The molecular weight excluding hydrogens is 208 g/mol. The second-order valence-electron chi connectivity index (χ2n) is 3.43. The highest BCUT2D eigenvalue weighted by atomic mass is 16.3. The molecule has 0 aliphatic carbocycles. The Hall–Kier alpha value is -2.17. The summed E-state index contributed by atoms with van der Waals surface area (Å²) in [5.41, 5.74) is 0.478. The normalized spacial score (nSPS) is 10.3. The van der Waals surface area contributed by atoms with Crippen molar-refractivity contribution in [2.75, 3.05) is 0 Å². The average molecular weight is 218 g/mol. The second kappa shape index (κ2) is 4.14. The van der Waals surface area contributed by atoms with E-state index in [2.05, 4.69) is 5.10 Å². The van der Waals surface area contributed by atoms with Crippen molar-refractivity contribution in [3.05, 3.63) is 52.3 Å². The quantitative estimate of drug-likeness (QED) is 0.721. The number of rotatable bonds is 3. The number of ketones is 1. The Morgan fingerprint density at radius 1 is 1.56 bits per heavy atom. The van der Waals surface area contributed by atoms with Crippen molar-refractivity contribution in [3.8, 4) is 0 Å².